The van der Waals surface area contributed by atoms with Gasteiger partial charge in [0.05, 0.1) is 12.2 Å². The number of ether oxygens (including phenoxy) is 3. The zero-order chi connectivity index (χ0) is 21.1. The third-order valence-electron chi connectivity index (χ3n) is 3.79. The Hall–Kier alpha value is -2.24. The Kier molecular flexibility index (Phi) is 6.96. The molecule has 0 aromatic carbocycles. The van der Waals surface area contributed by atoms with Crippen LogP contribution in [0.2, 0.25) is 0 Å². The van der Waals surface area contributed by atoms with Gasteiger partial charge in [-0.1, -0.05) is 6.08 Å². The van der Waals surface area contributed by atoms with E-state index in [0.717, 1.165) is 13.8 Å². The Labute approximate surface area is 159 Å². The monoisotopic (exact) mass is 421 g/mol. The molecular weight excluding hydrogens is 401 g/mol. The van der Waals surface area contributed by atoms with E-state index in [1.54, 1.807) is 0 Å². The number of rotatable bonds is 7. The molecule has 2 rings (SSSR count). The molecule has 28 heavy (non-hydrogen) atoms. The van der Waals surface area contributed by atoms with Gasteiger partial charge >= 0.3 is 25.7 Å². The summed E-state index contributed by atoms with van der Waals surface area (Å²) in [6.45, 7) is 1.55. The number of carboxylic acid groups (broad SMARTS) is 1. The molecule has 4 atom stereocenters. The summed E-state index contributed by atoms with van der Waals surface area (Å²) in [5.74, 6) is -2.63. The zero-order valence-corrected chi connectivity index (χ0v) is 15.9. The molecule has 1 unspecified atom stereocenters. The van der Waals surface area contributed by atoms with Gasteiger partial charge in [-0.3, -0.25) is 14.1 Å². The third-order valence-corrected chi connectivity index (χ3v) is 4.27. The molecule has 0 aromatic heterocycles. The predicted molar refractivity (Wildman–Crippen MR) is 89.1 cm³/mol. The normalized spacial score (nSPS) is 27.3. The maximum atomic E-state index is 11.5. The highest BCUT2D eigenvalue weighted by Crippen LogP contribution is 2.38. The van der Waals surface area contributed by atoms with Crippen molar-refractivity contribution in [1.29, 1.82) is 0 Å². The van der Waals surface area contributed by atoms with Gasteiger partial charge in [0.15, 0.2) is 18.4 Å². The van der Waals surface area contributed by atoms with Crippen LogP contribution in [0.4, 0.5) is 0 Å². The fraction of sp³-hybridized carbons (Fsp3) is 0.533. The Morgan fingerprint density at radius 1 is 1.21 bits per heavy atom. The van der Waals surface area contributed by atoms with Gasteiger partial charge in [-0.15, -0.1) is 0 Å². The maximum absolute atomic E-state index is 11.5. The molecule has 0 saturated carbocycles. The number of esters is 2. The number of allylic oxidation sites excluding steroid dienone is 1. The molecular formula is C15H20NO11P. The van der Waals surface area contributed by atoms with Gasteiger partial charge < -0.3 is 34.0 Å². The maximum Gasteiger partial charge on any atom is 0.469 e. The van der Waals surface area contributed by atoms with E-state index in [1.807, 2.05) is 0 Å². The smallest absolute Gasteiger partial charge is 0.469 e. The van der Waals surface area contributed by atoms with Gasteiger partial charge in [0, 0.05) is 32.7 Å². The second kappa shape index (κ2) is 8.84. The van der Waals surface area contributed by atoms with Crippen molar-refractivity contribution in [2.45, 2.75) is 44.8 Å². The van der Waals surface area contributed by atoms with Crippen molar-refractivity contribution >= 4 is 25.7 Å². The highest BCUT2D eigenvalue weighted by atomic mass is 31.2. The molecule has 0 bridgehead atoms. The molecule has 12 nitrogen and oxygen atoms in total. The summed E-state index contributed by atoms with van der Waals surface area (Å²) >= 11 is 0. The minimum absolute atomic E-state index is 0.0339. The number of hydrogen-bond acceptors (Lipinski definition) is 9. The van der Waals surface area contributed by atoms with E-state index in [9.17, 15) is 24.1 Å². The summed E-state index contributed by atoms with van der Waals surface area (Å²) in [5, 5.41) is 9.18. The van der Waals surface area contributed by atoms with Crippen LogP contribution in [0.1, 0.15) is 20.3 Å². The van der Waals surface area contributed by atoms with Crippen molar-refractivity contribution in [1.82, 2.24) is 4.90 Å². The fourth-order valence-corrected chi connectivity index (χ4v) is 3.12. The van der Waals surface area contributed by atoms with Crippen molar-refractivity contribution < 1.29 is 52.6 Å². The molecule has 3 N–H and O–H groups in total. The molecule has 0 aromatic rings. The average molecular weight is 421 g/mol. The molecule has 1 saturated heterocycles. The largest absolute Gasteiger partial charge is 0.478 e. The average Bonchev–Trinajstić information content (AvgIpc) is 2.89. The minimum atomic E-state index is -4.85. The van der Waals surface area contributed by atoms with E-state index >= 15 is 0 Å². The first-order chi connectivity index (χ1) is 13.0. The molecule has 2 aliphatic rings. The van der Waals surface area contributed by atoms with Crippen molar-refractivity contribution in [3.63, 3.8) is 0 Å². The van der Waals surface area contributed by atoms with Gasteiger partial charge in [0.1, 0.15) is 6.10 Å². The van der Waals surface area contributed by atoms with E-state index in [-0.39, 0.29) is 12.0 Å². The second-order valence-corrected chi connectivity index (χ2v) is 7.23. The number of phosphoric ester groups is 1. The zero-order valence-electron chi connectivity index (χ0n) is 15.0. The summed E-state index contributed by atoms with van der Waals surface area (Å²) in [7, 11) is -4.85. The van der Waals surface area contributed by atoms with Gasteiger partial charge in [-0.2, -0.15) is 0 Å². The van der Waals surface area contributed by atoms with Gasteiger partial charge in [-0.05, 0) is 0 Å². The van der Waals surface area contributed by atoms with Crippen LogP contribution < -0.4 is 0 Å². The number of phosphoric acid groups is 1. The van der Waals surface area contributed by atoms with Crippen LogP contribution in [0.25, 0.3) is 0 Å². The quantitative estimate of drug-likeness (QED) is 0.368. The highest BCUT2D eigenvalue weighted by Gasteiger charge is 2.51. The Balaban J connectivity index is 2.33. The highest BCUT2D eigenvalue weighted by molar-refractivity contribution is 7.46. The predicted octanol–water partition coefficient (Wildman–Crippen LogP) is -0.128. The Morgan fingerprint density at radius 2 is 1.82 bits per heavy atom. The van der Waals surface area contributed by atoms with Crippen LogP contribution in [0, 0.1) is 0 Å². The Morgan fingerprint density at radius 3 is 2.36 bits per heavy atom. The Bertz CT molecular complexity index is 742. The number of nitrogens with zero attached hydrogens (tertiary/aromatic N) is 1. The summed E-state index contributed by atoms with van der Waals surface area (Å²) in [6, 6.07) is 0. The number of carbonyl (C=O) groups excluding carboxylic acids is 2. The second-order valence-electron chi connectivity index (χ2n) is 6.00. The summed E-state index contributed by atoms with van der Waals surface area (Å²) in [5.41, 5.74) is 0.0339. The number of hydrogen-bond donors (Lipinski definition) is 3. The third kappa shape index (κ3) is 5.88. The first-order valence-electron chi connectivity index (χ1n) is 8.06. The van der Waals surface area contributed by atoms with Crippen LogP contribution in [-0.4, -0.2) is 68.8 Å². The summed E-state index contributed by atoms with van der Waals surface area (Å²) in [4.78, 5) is 53.4. The van der Waals surface area contributed by atoms with Crippen LogP contribution in [-0.2, 0) is 37.7 Å². The van der Waals surface area contributed by atoms with E-state index in [4.69, 9.17) is 24.0 Å². The molecule has 2 aliphatic heterocycles. The number of carbonyl (C=O) groups is 3. The summed E-state index contributed by atoms with van der Waals surface area (Å²) in [6.07, 6.45) is -0.305. The van der Waals surface area contributed by atoms with E-state index in [0.29, 0.717) is 0 Å². The van der Waals surface area contributed by atoms with Crippen molar-refractivity contribution in [2.24, 2.45) is 0 Å². The molecule has 13 heteroatoms. The van der Waals surface area contributed by atoms with Crippen LogP contribution in [0.3, 0.4) is 0 Å². The summed E-state index contributed by atoms with van der Waals surface area (Å²) < 4.78 is 31.4. The standard InChI is InChI=1S/C15H20NO11P/c1-8(17)25-12-11(7-24-28(21,22)23)27-14(13(12)26-9(2)18)16-5-3-4-10(6-16)15(19)20/h3,5-6,11-14H,4,7H2,1-2H3,(H,19,20)(H2,21,22,23)/t11-,12?,13+,14-/m1/s1. The van der Waals surface area contributed by atoms with Gasteiger partial charge in [0.25, 0.3) is 0 Å². The van der Waals surface area contributed by atoms with Crippen molar-refractivity contribution in [3.8, 4) is 0 Å². The van der Waals surface area contributed by atoms with E-state index in [2.05, 4.69) is 4.52 Å². The van der Waals surface area contributed by atoms with E-state index < -0.39 is 56.9 Å². The SMILES string of the molecule is CC(=O)OC1[C@@H](COP(=O)(O)O)O[C@@H](N2C=CCC(C(=O)O)=C2)[C@H]1OC(C)=O. The van der Waals surface area contributed by atoms with Crippen LogP contribution >= 0.6 is 7.82 Å². The van der Waals surface area contributed by atoms with Crippen molar-refractivity contribution in [2.75, 3.05) is 6.61 Å². The molecule has 0 amide bonds. The molecule has 0 aliphatic carbocycles. The first kappa shape index (κ1) is 22.1. The lowest BCUT2D eigenvalue weighted by atomic mass is 10.1. The van der Waals surface area contributed by atoms with Crippen molar-refractivity contribution in [3.05, 3.63) is 24.0 Å². The van der Waals surface area contributed by atoms with Gasteiger partial charge in [-0.25, -0.2) is 9.36 Å². The van der Waals surface area contributed by atoms with Crippen LogP contribution in [0.5, 0.6) is 0 Å². The molecule has 0 spiro atoms. The molecule has 2 heterocycles. The van der Waals surface area contributed by atoms with E-state index in [1.165, 1.54) is 23.4 Å². The van der Waals surface area contributed by atoms with Gasteiger partial charge in [0.2, 0.25) is 0 Å². The van der Waals surface area contributed by atoms with Crippen LogP contribution in [0.15, 0.2) is 24.0 Å². The lowest BCUT2D eigenvalue weighted by Gasteiger charge is -2.30. The lowest BCUT2D eigenvalue weighted by Crippen LogP contribution is -2.44. The number of carboxylic acids is 1. The molecule has 1 fully saturated rings. The fourth-order valence-electron chi connectivity index (χ4n) is 2.78. The first-order valence-corrected chi connectivity index (χ1v) is 9.59. The lowest BCUT2D eigenvalue weighted by molar-refractivity contribution is -0.166. The molecule has 0 radical (unpaired) electrons. The molecule has 156 valence electrons. The minimum Gasteiger partial charge on any atom is -0.478 e. The topological polar surface area (TPSA) is 169 Å². The number of aliphatic carboxylic acids is 1.